The maximum absolute atomic E-state index is 13.0. The second kappa shape index (κ2) is 10.4. The first-order valence-corrected chi connectivity index (χ1v) is 11.5. The number of hydrogen-bond acceptors (Lipinski definition) is 5. The summed E-state index contributed by atoms with van der Waals surface area (Å²) >= 11 is 0. The van der Waals surface area contributed by atoms with E-state index in [1.807, 2.05) is 45.9 Å². The number of carbonyl (C=O) groups is 2. The van der Waals surface area contributed by atoms with Crippen molar-refractivity contribution in [3.63, 3.8) is 0 Å². The van der Waals surface area contributed by atoms with Crippen LogP contribution in [0.1, 0.15) is 52.0 Å². The predicted molar refractivity (Wildman–Crippen MR) is 123 cm³/mol. The molecule has 8 heteroatoms. The van der Waals surface area contributed by atoms with Gasteiger partial charge >= 0.3 is 12.1 Å². The van der Waals surface area contributed by atoms with Crippen LogP contribution in [0.3, 0.4) is 0 Å². The fourth-order valence-electron chi connectivity index (χ4n) is 3.94. The van der Waals surface area contributed by atoms with Crippen LogP contribution in [-0.2, 0) is 9.47 Å². The molecule has 178 valence electrons. The first-order valence-electron chi connectivity index (χ1n) is 11.5. The Hall–Kier alpha value is -2.48. The van der Waals surface area contributed by atoms with E-state index in [1.165, 1.54) is 0 Å². The minimum Gasteiger partial charge on any atom is -0.489 e. The van der Waals surface area contributed by atoms with E-state index in [4.69, 9.17) is 14.2 Å². The van der Waals surface area contributed by atoms with Crippen LogP contribution in [0.4, 0.5) is 15.3 Å². The van der Waals surface area contributed by atoms with E-state index in [-0.39, 0.29) is 24.3 Å². The zero-order chi connectivity index (χ0) is 23.3. The normalized spacial score (nSPS) is 21.2. The molecule has 0 bridgehead atoms. The smallest absolute Gasteiger partial charge is 0.410 e. The van der Waals surface area contributed by atoms with Crippen molar-refractivity contribution in [2.24, 2.45) is 0 Å². The van der Waals surface area contributed by atoms with Crippen molar-refractivity contribution in [2.45, 2.75) is 71.1 Å². The number of anilines is 1. The largest absolute Gasteiger partial charge is 0.489 e. The molecule has 0 aromatic heterocycles. The van der Waals surface area contributed by atoms with Gasteiger partial charge in [-0.3, -0.25) is 0 Å². The Morgan fingerprint density at radius 2 is 2.03 bits per heavy atom. The van der Waals surface area contributed by atoms with Crippen LogP contribution in [0, 0.1) is 6.92 Å². The number of nitrogens with one attached hydrogen (secondary N) is 1. The predicted octanol–water partition coefficient (Wildman–Crippen LogP) is 4.42. The molecule has 2 aliphatic heterocycles. The van der Waals surface area contributed by atoms with E-state index in [0.717, 1.165) is 37.9 Å². The van der Waals surface area contributed by atoms with Crippen molar-refractivity contribution in [2.75, 3.05) is 38.7 Å². The van der Waals surface area contributed by atoms with Gasteiger partial charge in [0.1, 0.15) is 18.0 Å². The second-order valence-corrected chi connectivity index (χ2v) is 9.71. The molecule has 3 amide bonds. The molecule has 8 nitrogen and oxygen atoms in total. The summed E-state index contributed by atoms with van der Waals surface area (Å²) in [5.41, 5.74) is 1.14. The average Bonchev–Trinajstić information content (AvgIpc) is 3.25. The van der Waals surface area contributed by atoms with E-state index >= 15 is 0 Å². The van der Waals surface area contributed by atoms with Crippen molar-refractivity contribution < 1.29 is 23.8 Å². The molecule has 0 radical (unpaired) electrons. The highest BCUT2D eigenvalue weighted by atomic mass is 16.6. The molecule has 2 saturated heterocycles. The summed E-state index contributed by atoms with van der Waals surface area (Å²) in [6.07, 6.45) is 3.44. The number of carbonyl (C=O) groups excluding carboxylic acids is 2. The Balaban J connectivity index is 1.60. The number of ether oxygens (including phenoxy) is 3. The number of rotatable bonds is 5. The highest BCUT2D eigenvalue weighted by molar-refractivity contribution is 5.91. The number of piperidine rings is 1. The van der Waals surface area contributed by atoms with Crippen molar-refractivity contribution in [1.29, 1.82) is 0 Å². The maximum atomic E-state index is 13.0. The summed E-state index contributed by atoms with van der Waals surface area (Å²) in [7, 11) is 1.73. The van der Waals surface area contributed by atoms with Gasteiger partial charge in [-0.1, -0.05) is 6.07 Å². The van der Waals surface area contributed by atoms with Crippen LogP contribution in [0.2, 0.25) is 0 Å². The van der Waals surface area contributed by atoms with Gasteiger partial charge in [0.25, 0.3) is 0 Å². The number of urea groups is 1. The maximum Gasteiger partial charge on any atom is 0.410 e. The quantitative estimate of drug-likeness (QED) is 0.723. The molecule has 0 aliphatic carbocycles. The molecule has 2 aliphatic rings. The molecular formula is C24H37N3O5. The van der Waals surface area contributed by atoms with Crippen LogP contribution in [0.5, 0.6) is 5.75 Å². The van der Waals surface area contributed by atoms with Gasteiger partial charge in [-0.25, -0.2) is 9.59 Å². The van der Waals surface area contributed by atoms with Crippen LogP contribution in [0.15, 0.2) is 18.2 Å². The van der Waals surface area contributed by atoms with Gasteiger partial charge in [0.15, 0.2) is 0 Å². The van der Waals surface area contributed by atoms with Gasteiger partial charge in [-0.2, -0.15) is 0 Å². The third-order valence-electron chi connectivity index (χ3n) is 5.74. The van der Waals surface area contributed by atoms with Crippen molar-refractivity contribution in [3.05, 3.63) is 23.8 Å². The third kappa shape index (κ3) is 6.76. The SMILES string of the molecule is Cc1ccc(NC(=O)N2CCC[C@@H](N(C)C(=O)OC(C)(C)C)C2)c(OC[C@@H]2CCCO2)c1. The molecule has 3 rings (SSSR count). The van der Waals surface area contributed by atoms with Crippen LogP contribution < -0.4 is 10.1 Å². The van der Waals surface area contributed by atoms with Crippen LogP contribution in [-0.4, -0.2) is 73.0 Å². The Kier molecular flexibility index (Phi) is 7.87. The zero-order valence-electron chi connectivity index (χ0n) is 20.0. The fraction of sp³-hybridized carbons (Fsp3) is 0.667. The lowest BCUT2D eigenvalue weighted by Crippen LogP contribution is -2.52. The molecule has 2 fully saturated rings. The monoisotopic (exact) mass is 447 g/mol. The van der Waals surface area contributed by atoms with Crippen LogP contribution in [0.25, 0.3) is 0 Å². The summed E-state index contributed by atoms with van der Waals surface area (Å²) in [6.45, 7) is 9.88. The first kappa shape index (κ1) is 24.2. The second-order valence-electron chi connectivity index (χ2n) is 9.71. The minimum atomic E-state index is -0.553. The Morgan fingerprint density at radius 1 is 1.25 bits per heavy atom. The Labute approximate surface area is 191 Å². The fourth-order valence-corrected chi connectivity index (χ4v) is 3.94. The molecule has 32 heavy (non-hydrogen) atoms. The van der Waals surface area contributed by atoms with E-state index in [2.05, 4.69) is 5.32 Å². The van der Waals surface area contributed by atoms with Crippen molar-refractivity contribution in [1.82, 2.24) is 9.80 Å². The average molecular weight is 448 g/mol. The molecule has 1 aromatic rings. The summed E-state index contributed by atoms with van der Waals surface area (Å²) in [4.78, 5) is 28.8. The number of aryl methyl sites for hydroxylation is 1. The van der Waals surface area contributed by atoms with Crippen LogP contribution >= 0.6 is 0 Å². The molecular weight excluding hydrogens is 410 g/mol. The first-order chi connectivity index (χ1) is 15.1. The Morgan fingerprint density at radius 3 is 2.72 bits per heavy atom. The summed E-state index contributed by atoms with van der Waals surface area (Å²) in [6, 6.07) is 5.46. The minimum absolute atomic E-state index is 0.0856. The van der Waals surface area contributed by atoms with E-state index < -0.39 is 5.60 Å². The van der Waals surface area contributed by atoms with Gasteiger partial charge in [0.2, 0.25) is 0 Å². The van der Waals surface area contributed by atoms with Gasteiger partial charge in [0, 0.05) is 26.7 Å². The molecule has 0 spiro atoms. The molecule has 1 aromatic carbocycles. The molecule has 2 atom stereocenters. The topological polar surface area (TPSA) is 80.3 Å². The van der Waals surface area contributed by atoms with Gasteiger partial charge < -0.3 is 29.3 Å². The van der Waals surface area contributed by atoms with E-state index in [9.17, 15) is 9.59 Å². The third-order valence-corrected chi connectivity index (χ3v) is 5.74. The summed E-state index contributed by atoms with van der Waals surface area (Å²) < 4.78 is 17.1. The number of amides is 3. The highest BCUT2D eigenvalue weighted by Gasteiger charge is 2.31. The lowest BCUT2D eigenvalue weighted by molar-refractivity contribution is 0.0158. The van der Waals surface area contributed by atoms with Crippen molar-refractivity contribution in [3.8, 4) is 5.75 Å². The van der Waals surface area contributed by atoms with E-state index in [0.29, 0.717) is 31.1 Å². The number of nitrogens with zero attached hydrogens (tertiary/aromatic N) is 2. The standard InChI is InChI=1S/C24H37N3O5/c1-17-10-11-20(21(14-17)31-16-19-9-7-13-30-19)25-22(28)27-12-6-8-18(15-27)26(5)23(29)32-24(2,3)4/h10-11,14,18-19H,6-9,12-13,15-16H2,1-5H3,(H,25,28)/t18-,19+/m1/s1. The Bertz CT molecular complexity index is 801. The highest BCUT2D eigenvalue weighted by Crippen LogP contribution is 2.28. The lowest BCUT2D eigenvalue weighted by Gasteiger charge is -2.38. The number of likely N-dealkylation sites (tertiary alicyclic amines) is 1. The number of hydrogen-bond donors (Lipinski definition) is 1. The summed E-state index contributed by atoms with van der Waals surface area (Å²) in [5, 5.41) is 3.00. The van der Waals surface area contributed by atoms with E-state index in [1.54, 1.807) is 16.8 Å². The molecule has 1 N–H and O–H groups in total. The number of benzene rings is 1. The lowest BCUT2D eigenvalue weighted by atomic mass is 10.1. The van der Waals surface area contributed by atoms with Crippen molar-refractivity contribution >= 4 is 17.8 Å². The van der Waals surface area contributed by atoms with Gasteiger partial charge in [-0.15, -0.1) is 0 Å². The molecule has 0 unspecified atom stereocenters. The number of likely N-dealkylation sites (N-methyl/N-ethyl adjacent to an activating group) is 1. The zero-order valence-corrected chi connectivity index (χ0v) is 20.0. The van der Waals surface area contributed by atoms with Gasteiger partial charge in [-0.05, 0) is 71.1 Å². The molecule has 2 heterocycles. The molecule has 0 saturated carbocycles. The summed E-state index contributed by atoms with van der Waals surface area (Å²) in [5.74, 6) is 0.647. The van der Waals surface area contributed by atoms with Gasteiger partial charge in [0.05, 0.1) is 17.8 Å².